The number of alkyl halides is 2. The van der Waals surface area contributed by atoms with Crippen LogP contribution in [0.1, 0.15) is 13.8 Å². The van der Waals surface area contributed by atoms with Gasteiger partial charge in [0.15, 0.2) is 0 Å². The molecule has 8 heteroatoms. The van der Waals surface area contributed by atoms with Crippen LogP contribution >= 0.6 is 72.8 Å². The van der Waals surface area contributed by atoms with Gasteiger partial charge in [0.25, 0.3) is 0 Å². The zero-order valence-corrected chi connectivity index (χ0v) is 14.4. The number of halogens is 6. The Kier molecular flexibility index (Phi) is 475. The van der Waals surface area contributed by atoms with Crippen LogP contribution in [0.25, 0.3) is 0 Å². The summed E-state index contributed by atoms with van der Waals surface area (Å²) in [6, 6.07) is 0. The summed E-state index contributed by atoms with van der Waals surface area (Å²) in [6.07, 6.45) is 0. The Morgan fingerprint density at radius 2 is 0.750 bits per heavy atom. The van der Waals surface area contributed by atoms with Crippen LogP contribution in [0, 0.1) is 0 Å². The minimum absolute atomic E-state index is 0. The first kappa shape index (κ1) is 60.1. The van der Waals surface area contributed by atoms with E-state index in [1.165, 1.54) is 0 Å². The third-order valence-corrected chi connectivity index (χ3v) is 0. The van der Waals surface area contributed by atoms with E-state index in [1.54, 1.807) is 0 Å². The van der Waals surface area contributed by atoms with Crippen LogP contribution in [-0.2, 0) is 21.7 Å². The fourth-order valence-corrected chi connectivity index (χ4v) is 0. The Morgan fingerprint density at radius 3 is 0.750 bits per heavy atom. The van der Waals surface area contributed by atoms with Crippen molar-refractivity contribution in [2.24, 2.45) is 0 Å². The third-order valence-electron chi connectivity index (χ3n) is 0. The van der Waals surface area contributed by atoms with Gasteiger partial charge in [-0.1, -0.05) is 13.8 Å². The van der Waals surface area contributed by atoms with Gasteiger partial charge in [0.1, 0.15) is 0 Å². The molecule has 0 aromatic carbocycles. The molecule has 0 unspecified atom stereocenters. The molecule has 0 aliphatic carbocycles. The average Bonchev–Trinajstić information content (AvgIpc) is 1.39. The molecular weight excluding hydrogens is 336 g/mol. The maximum Gasteiger partial charge on any atom is 0.0195 e. The van der Waals surface area contributed by atoms with E-state index in [-0.39, 0.29) is 88.7 Å². The molecule has 0 fully saturated rings. The second kappa shape index (κ2) is 94.9. The molecule has 0 aromatic rings. The quantitative estimate of drug-likeness (QED) is 0.461. The van der Waals surface area contributed by atoms with E-state index in [0.29, 0.717) is 0 Å². The van der Waals surface area contributed by atoms with Gasteiger partial charge in [0.2, 0.25) is 0 Å². The molecule has 0 amide bonds. The SMILES string of the molecule is CCCl.CCCl.Cl.Cl.Cl.Cl.[Al].[Ti]. The van der Waals surface area contributed by atoms with E-state index >= 15 is 0 Å². The Bertz CT molecular complexity index is 21.5. The van der Waals surface area contributed by atoms with Crippen molar-refractivity contribution in [2.75, 3.05) is 11.8 Å². The van der Waals surface area contributed by atoms with Crippen LogP contribution in [0.5, 0.6) is 0 Å². The molecule has 0 bridgehead atoms. The van der Waals surface area contributed by atoms with Gasteiger partial charge in [0.05, 0.1) is 0 Å². The molecule has 0 aliphatic rings. The molecule has 0 heterocycles. The zero-order chi connectivity index (χ0) is 5.41. The topological polar surface area (TPSA) is 0 Å². The van der Waals surface area contributed by atoms with Gasteiger partial charge in [-0.3, -0.25) is 0 Å². The minimum Gasteiger partial charge on any atom is -0.147 e. The van der Waals surface area contributed by atoms with Gasteiger partial charge in [-0.15, -0.1) is 72.8 Å². The monoisotopic (exact) mass is 347 g/mol. The van der Waals surface area contributed by atoms with E-state index in [1.807, 2.05) is 13.8 Å². The van der Waals surface area contributed by atoms with Crippen molar-refractivity contribution in [1.29, 1.82) is 0 Å². The van der Waals surface area contributed by atoms with E-state index in [9.17, 15) is 0 Å². The Hall–Kier alpha value is 2.99. The largest absolute Gasteiger partial charge is 0.147 e. The first-order valence-electron chi connectivity index (χ1n) is 1.95. The third kappa shape index (κ3) is 209. The van der Waals surface area contributed by atoms with E-state index < -0.39 is 0 Å². The number of hydrogen-bond donors (Lipinski definition) is 0. The molecule has 0 atom stereocenters. The summed E-state index contributed by atoms with van der Waals surface area (Å²) in [4.78, 5) is 0. The predicted octanol–water partition coefficient (Wildman–Crippen LogP) is 3.79. The maximum absolute atomic E-state index is 5.00. The fourth-order valence-electron chi connectivity index (χ4n) is 0. The Morgan fingerprint density at radius 1 is 0.750 bits per heavy atom. The molecule has 0 saturated heterocycles. The second-order valence-electron chi connectivity index (χ2n) is 0.535. The summed E-state index contributed by atoms with van der Waals surface area (Å²) in [7, 11) is 0. The van der Waals surface area contributed by atoms with Crippen molar-refractivity contribution in [3.05, 3.63) is 0 Å². The van der Waals surface area contributed by atoms with Crippen molar-refractivity contribution in [3.8, 4) is 0 Å². The van der Waals surface area contributed by atoms with Gasteiger partial charge >= 0.3 is 0 Å². The molecule has 0 spiro atoms. The standard InChI is InChI=1S/2C2H5Cl.Al.4ClH.Ti/c2*1-2-3;;;;;;/h2*2H2,1H3;;4*1H;. The van der Waals surface area contributed by atoms with E-state index in [2.05, 4.69) is 0 Å². The molecule has 0 N–H and O–H groups in total. The molecule has 0 rings (SSSR count). The van der Waals surface area contributed by atoms with Gasteiger partial charge in [-0.2, -0.15) is 0 Å². The molecule has 0 aromatic heterocycles. The van der Waals surface area contributed by atoms with Crippen LogP contribution in [0.4, 0.5) is 0 Å². The summed E-state index contributed by atoms with van der Waals surface area (Å²) in [6.45, 7) is 3.78. The van der Waals surface area contributed by atoms with Crippen molar-refractivity contribution in [2.45, 2.75) is 13.8 Å². The molecule has 12 heavy (non-hydrogen) atoms. The van der Waals surface area contributed by atoms with Gasteiger partial charge in [0, 0.05) is 50.8 Å². The molecule has 0 nitrogen and oxygen atoms in total. The zero-order valence-electron chi connectivity index (χ0n) is 6.88. The minimum atomic E-state index is 0. The van der Waals surface area contributed by atoms with Crippen molar-refractivity contribution < 1.29 is 21.7 Å². The van der Waals surface area contributed by atoms with Crippen molar-refractivity contribution >= 4 is 90.2 Å². The summed E-state index contributed by atoms with van der Waals surface area (Å²) in [5, 5.41) is 0. The van der Waals surface area contributed by atoms with Gasteiger partial charge in [-0.25, -0.2) is 0 Å². The van der Waals surface area contributed by atoms with E-state index in [0.717, 1.165) is 11.8 Å². The molecule has 3 radical (unpaired) electrons. The fraction of sp³-hybridized carbons (Fsp3) is 1.00. The van der Waals surface area contributed by atoms with Crippen molar-refractivity contribution in [3.63, 3.8) is 0 Å². The van der Waals surface area contributed by atoms with Crippen LogP contribution in [0.2, 0.25) is 0 Å². The first-order valence-corrected chi connectivity index (χ1v) is 3.02. The smallest absolute Gasteiger partial charge is 0.0195 e. The molecular formula is C4H14AlCl6Ti. The molecule has 0 saturated carbocycles. The van der Waals surface area contributed by atoms with Gasteiger partial charge in [-0.05, 0) is 0 Å². The molecule has 79 valence electrons. The van der Waals surface area contributed by atoms with Gasteiger partial charge < -0.3 is 0 Å². The van der Waals surface area contributed by atoms with Crippen molar-refractivity contribution in [1.82, 2.24) is 0 Å². The second-order valence-corrected chi connectivity index (χ2v) is 1.60. The van der Waals surface area contributed by atoms with Crippen LogP contribution in [-0.4, -0.2) is 29.1 Å². The predicted molar refractivity (Wildman–Crippen MR) is 67.5 cm³/mol. The number of hydrogen-bond acceptors (Lipinski definition) is 0. The molecule has 0 aliphatic heterocycles. The summed E-state index contributed by atoms with van der Waals surface area (Å²) >= 11 is 10.00. The average molecular weight is 350 g/mol. The number of rotatable bonds is 0. The normalized spacial score (nSPS) is 3.00. The maximum atomic E-state index is 5.00. The van der Waals surface area contributed by atoms with Crippen LogP contribution < -0.4 is 0 Å². The van der Waals surface area contributed by atoms with Crippen LogP contribution in [0.3, 0.4) is 0 Å². The first-order chi connectivity index (χ1) is 2.83. The summed E-state index contributed by atoms with van der Waals surface area (Å²) in [5.74, 6) is 1.44. The Labute approximate surface area is 136 Å². The van der Waals surface area contributed by atoms with Crippen LogP contribution in [0.15, 0.2) is 0 Å². The Balaban J connectivity index is -0.00000000296. The van der Waals surface area contributed by atoms with E-state index in [4.69, 9.17) is 23.2 Å². The summed E-state index contributed by atoms with van der Waals surface area (Å²) < 4.78 is 0. The summed E-state index contributed by atoms with van der Waals surface area (Å²) in [5.41, 5.74) is 0.